The van der Waals surface area contributed by atoms with E-state index in [2.05, 4.69) is 20.0 Å². The fourth-order valence-electron chi connectivity index (χ4n) is 3.77. The molecule has 3 aromatic carbocycles. The predicted molar refractivity (Wildman–Crippen MR) is 145 cm³/mol. The lowest BCUT2D eigenvalue weighted by Gasteiger charge is -2.34. The molecule has 0 aliphatic carbocycles. The van der Waals surface area contributed by atoms with E-state index >= 15 is 0 Å². The zero-order chi connectivity index (χ0) is 27.6. The summed E-state index contributed by atoms with van der Waals surface area (Å²) in [6.45, 7) is -0.290. The summed E-state index contributed by atoms with van der Waals surface area (Å²) in [5.74, 6) is -0.480. The van der Waals surface area contributed by atoms with Gasteiger partial charge in [-0.1, -0.05) is 23.7 Å². The molecule has 1 amide bonds. The molecule has 1 unspecified atom stereocenters. The maximum Gasteiger partial charge on any atom is 0.267 e. The van der Waals surface area contributed by atoms with Gasteiger partial charge in [-0.05, 0) is 66.7 Å². The number of carbonyl (C=O) groups is 1. The highest BCUT2D eigenvalue weighted by atomic mass is 35.5. The number of rotatable bonds is 7. The second-order valence-corrected chi connectivity index (χ2v) is 12.2. The molecule has 39 heavy (non-hydrogen) atoms. The number of nitrogens with one attached hydrogen (secondary N) is 2. The molecule has 0 fully saturated rings. The number of ether oxygens (including phenoxy) is 1. The quantitative estimate of drug-likeness (QED) is 0.335. The lowest BCUT2D eigenvalue weighted by Crippen LogP contribution is -2.48. The van der Waals surface area contributed by atoms with Gasteiger partial charge in [0.25, 0.3) is 26.0 Å². The number of aromatic nitrogens is 2. The minimum Gasteiger partial charge on any atom is -0.476 e. The van der Waals surface area contributed by atoms with E-state index in [1.807, 2.05) is 0 Å². The lowest BCUT2D eigenvalue weighted by molar-refractivity contribution is -0.122. The Morgan fingerprint density at radius 2 is 1.51 bits per heavy atom. The summed E-state index contributed by atoms with van der Waals surface area (Å²) in [6.07, 6.45) is 1.61. The summed E-state index contributed by atoms with van der Waals surface area (Å²) >= 11 is 5.92. The molecule has 0 bridgehead atoms. The summed E-state index contributed by atoms with van der Waals surface area (Å²) in [5.41, 5.74) is 0.574. The third-order valence-electron chi connectivity index (χ3n) is 5.65. The summed E-state index contributed by atoms with van der Waals surface area (Å²) in [4.78, 5) is 20.7. The monoisotopic (exact) mass is 585 g/mol. The van der Waals surface area contributed by atoms with Crippen molar-refractivity contribution in [2.45, 2.75) is 15.9 Å². The number of fused-ring (bicyclic) bond motifs is 1. The van der Waals surface area contributed by atoms with E-state index in [1.54, 1.807) is 30.3 Å². The van der Waals surface area contributed by atoms with Crippen LogP contribution in [0, 0.1) is 0 Å². The Morgan fingerprint density at radius 3 is 2.21 bits per heavy atom. The second kappa shape index (κ2) is 10.5. The Bertz CT molecular complexity index is 1720. The zero-order valence-corrected chi connectivity index (χ0v) is 22.3. The van der Waals surface area contributed by atoms with E-state index in [0.29, 0.717) is 10.7 Å². The molecule has 11 nitrogen and oxygen atoms in total. The van der Waals surface area contributed by atoms with Crippen LogP contribution in [0.4, 0.5) is 17.3 Å². The topological polar surface area (TPSA) is 148 Å². The van der Waals surface area contributed by atoms with Crippen LogP contribution in [0.5, 0.6) is 5.75 Å². The molecule has 200 valence electrons. The average Bonchev–Trinajstić information content (AvgIpc) is 2.93. The highest BCUT2D eigenvalue weighted by molar-refractivity contribution is 7.93. The maximum absolute atomic E-state index is 13.5. The van der Waals surface area contributed by atoms with E-state index < -0.39 is 32.1 Å². The van der Waals surface area contributed by atoms with Crippen molar-refractivity contribution < 1.29 is 26.4 Å². The van der Waals surface area contributed by atoms with Crippen LogP contribution < -0.4 is 19.1 Å². The SMILES string of the molecule is O=C(Nc1ccc(S(=O)(=O)Nc2ncccn2)cc1)C1CN(S(=O)(=O)c2ccc(Cl)cc2)c2ccccc2O1. The normalized spacial score (nSPS) is 15.1. The number of nitrogens with zero attached hydrogens (tertiary/aromatic N) is 3. The molecule has 1 aliphatic rings. The number of benzene rings is 3. The molecule has 5 rings (SSSR count). The molecule has 0 saturated carbocycles. The number of sulfonamides is 2. The van der Waals surface area contributed by atoms with Gasteiger partial charge in [-0.25, -0.2) is 31.5 Å². The minimum absolute atomic E-state index is 0.00840. The molecule has 0 saturated heterocycles. The van der Waals surface area contributed by atoms with Crippen molar-refractivity contribution in [2.24, 2.45) is 0 Å². The Balaban J connectivity index is 1.34. The van der Waals surface area contributed by atoms with Crippen LogP contribution in [-0.4, -0.2) is 45.4 Å². The molecule has 1 atom stereocenters. The Hall–Kier alpha value is -4.20. The van der Waals surface area contributed by atoms with Gasteiger partial charge in [0.15, 0.2) is 6.10 Å². The summed E-state index contributed by atoms with van der Waals surface area (Å²) in [6, 6.07) is 19.2. The first-order valence-corrected chi connectivity index (χ1v) is 14.7. The molecule has 2 N–H and O–H groups in total. The van der Waals surface area contributed by atoms with Crippen LogP contribution in [0.3, 0.4) is 0 Å². The molecule has 4 aromatic rings. The van der Waals surface area contributed by atoms with Gasteiger partial charge < -0.3 is 10.1 Å². The number of hydrogen-bond acceptors (Lipinski definition) is 8. The Labute approximate surface area is 229 Å². The number of anilines is 3. The van der Waals surface area contributed by atoms with Gasteiger partial charge in [-0.3, -0.25) is 9.10 Å². The fraction of sp³-hybridized carbons (Fsp3) is 0.0800. The predicted octanol–water partition coefficient (Wildman–Crippen LogP) is 3.53. The number of halogens is 1. The van der Waals surface area contributed by atoms with Crippen LogP contribution >= 0.6 is 11.6 Å². The highest BCUT2D eigenvalue weighted by Gasteiger charge is 2.37. The first-order valence-electron chi connectivity index (χ1n) is 11.4. The third-order valence-corrected chi connectivity index (χ3v) is 9.04. The van der Waals surface area contributed by atoms with E-state index in [9.17, 15) is 21.6 Å². The van der Waals surface area contributed by atoms with Crippen molar-refractivity contribution in [3.05, 3.63) is 96.3 Å². The Morgan fingerprint density at radius 1 is 0.872 bits per heavy atom. The maximum atomic E-state index is 13.5. The Kier molecular flexibility index (Phi) is 7.12. The second-order valence-electron chi connectivity index (χ2n) is 8.26. The molecule has 2 heterocycles. The van der Waals surface area contributed by atoms with Gasteiger partial charge in [-0.15, -0.1) is 0 Å². The first-order chi connectivity index (χ1) is 18.6. The van der Waals surface area contributed by atoms with Crippen LogP contribution in [0.2, 0.25) is 5.02 Å². The van der Waals surface area contributed by atoms with Crippen LogP contribution in [0.1, 0.15) is 0 Å². The van der Waals surface area contributed by atoms with Crippen molar-refractivity contribution in [2.75, 3.05) is 20.9 Å². The number of carbonyl (C=O) groups excluding carboxylic acids is 1. The van der Waals surface area contributed by atoms with E-state index in [-0.39, 0.29) is 33.7 Å². The molecule has 0 spiro atoms. The third kappa shape index (κ3) is 5.65. The van der Waals surface area contributed by atoms with Crippen molar-refractivity contribution in [1.82, 2.24) is 9.97 Å². The molecular weight excluding hydrogens is 566 g/mol. The van der Waals surface area contributed by atoms with Crippen LogP contribution in [0.25, 0.3) is 0 Å². The molecule has 1 aromatic heterocycles. The summed E-state index contributed by atoms with van der Waals surface area (Å²) < 4.78 is 61.4. The molecule has 0 radical (unpaired) electrons. The minimum atomic E-state index is -4.05. The van der Waals surface area contributed by atoms with Gasteiger partial charge >= 0.3 is 0 Å². The molecule has 1 aliphatic heterocycles. The van der Waals surface area contributed by atoms with E-state index in [1.165, 1.54) is 60.9 Å². The molecular formula is C25H20ClN5O6S2. The average molecular weight is 586 g/mol. The smallest absolute Gasteiger partial charge is 0.267 e. The van der Waals surface area contributed by atoms with Crippen LogP contribution in [0.15, 0.2) is 101 Å². The van der Waals surface area contributed by atoms with Gasteiger partial charge in [0.1, 0.15) is 5.75 Å². The lowest BCUT2D eigenvalue weighted by atomic mass is 10.2. The summed E-state index contributed by atoms with van der Waals surface area (Å²) in [5, 5.41) is 3.03. The van der Waals surface area contributed by atoms with E-state index in [4.69, 9.17) is 16.3 Å². The zero-order valence-electron chi connectivity index (χ0n) is 19.9. The van der Waals surface area contributed by atoms with Crippen molar-refractivity contribution >= 4 is 54.9 Å². The van der Waals surface area contributed by atoms with Gasteiger partial charge in [-0.2, -0.15) is 0 Å². The van der Waals surface area contributed by atoms with Gasteiger partial charge in [0, 0.05) is 23.1 Å². The molecule has 14 heteroatoms. The largest absolute Gasteiger partial charge is 0.476 e. The standard InChI is InChI=1S/C25H20ClN5O6S2/c26-17-6-10-20(11-7-17)39(35,36)31-16-23(37-22-5-2-1-4-21(22)31)24(32)29-18-8-12-19(13-9-18)38(33,34)30-25-27-14-3-15-28-25/h1-15,23H,16H2,(H,29,32)(H,27,28,30). The highest BCUT2D eigenvalue weighted by Crippen LogP contribution is 2.37. The number of amides is 1. The van der Waals surface area contributed by atoms with Crippen molar-refractivity contribution in [3.8, 4) is 5.75 Å². The first kappa shape index (κ1) is 26.4. The van der Waals surface area contributed by atoms with Crippen LogP contribution in [-0.2, 0) is 24.8 Å². The van der Waals surface area contributed by atoms with Gasteiger partial charge in [0.05, 0.1) is 22.0 Å². The number of hydrogen-bond donors (Lipinski definition) is 2. The van der Waals surface area contributed by atoms with E-state index in [0.717, 1.165) is 4.31 Å². The van der Waals surface area contributed by atoms with Crippen molar-refractivity contribution in [1.29, 1.82) is 0 Å². The van der Waals surface area contributed by atoms with Gasteiger partial charge in [0.2, 0.25) is 5.95 Å². The fourth-order valence-corrected chi connectivity index (χ4v) is 6.33. The number of para-hydroxylation sites is 2. The summed E-state index contributed by atoms with van der Waals surface area (Å²) in [7, 11) is -8.01. The van der Waals surface area contributed by atoms with Crippen molar-refractivity contribution in [3.63, 3.8) is 0 Å².